The Morgan fingerprint density at radius 3 is 2.55 bits per heavy atom. The van der Waals surface area contributed by atoms with Crippen molar-refractivity contribution in [2.45, 2.75) is 19.1 Å². The highest BCUT2D eigenvalue weighted by atomic mass is 16.6. The van der Waals surface area contributed by atoms with Gasteiger partial charge < -0.3 is 20.5 Å². The number of carbonyl (C=O) groups excluding carboxylic acids is 1. The zero-order valence-electron chi connectivity index (χ0n) is 12.3. The van der Waals surface area contributed by atoms with Gasteiger partial charge in [-0.05, 0) is 36.8 Å². The van der Waals surface area contributed by atoms with E-state index < -0.39 is 6.10 Å². The number of hydrogen-bond acceptors (Lipinski definition) is 4. The van der Waals surface area contributed by atoms with Crippen LogP contribution in [0.15, 0.2) is 48.5 Å². The van der Waals surface area contributed by atoms with Crippen LogP contribution in [0, 0.1) is 0 Å². The fourth-order valence-corrected chi connectivity index (χ4v) is 2.24. The molecule has 2 aromatic rings. The molecule has 5 heteroatoms. The highest BCUT2D eigenvalue weighted by molar-refractivity contribution is 5.94. The SMILES string of the molecule is CC(N)c1ccc(NC(=O)C2COc3ccccc3O2)cc1. The Bertz CT molecular complexity index is 668. The highest BCUT2D eigenvalue weighted by Crippen LogP contribution is 2.31. The van der Waals surface area contributed by atoms with Gasteiger partial charge in [-0.1, -0.05) is 24.3 Å². The molecule has 2 aromatic carbocycles. The number of ether oxygens (including phenoxy) is 2. The van der Waals surface area contributed by atoms with Crippen LogP contribution in [-0.2, 0) is 4.79 Å². The van der Waals surface area contributed by atoms with Crippen molar-refractivity contribution in [3.8, 4) is 11.5 Å². The minimum Gasteiger partial charge on any atom is -0.485 e. The fourth-order valence-electron chi connectivity index (χ4n) is 2.24. The van der Waals surface area contributed by atoms with Gasteiger partial charge >= 0.3 is 0 Å². The molecule has 1 aliphatic rings. The molecule has 22 heavy (non-hydrogen) atoms. The number of nitrogens with one attached hydrogen (secondary N) is 1. The topological polar surface area (TPSA) is 73.6 Å². The van der Waals surface area contributed by atoms with Gasteiger partial charge in [0.05, 0.1) is 0 Å². The van der Waals surface area contributed by atoms with Gasteiger partial charge in [-0.15, -0.1) is 0 Å². The van der Waals surface area contributed by atoms with Crippen LogP contribution < -0.4 is 20.5 Å². The van der Waals surface area contributed by atoms with Crippen LogP contribution in [0.5, 0.6) is 11.5 Å². The minimum absolute atomic E-state index is 0.0312. The molecule has 0 fully saturated rings. The number of amides is 1. The Morgan fingerprint density at radius 2 is 1.86 bits per heavy atom. The molecule has 114 valence electrons. The number of carbonyl (C=O) groups is 1. The Morgan fingerprint density at radius 1 is 1.18 bits per heavy atom. The molecule has 0 bridgehead atoms. The molecule has 5 nitrogen and oxygen atoms in total. The van der Waals surface area contributed by atoms with Crippen molar-refractivity contribution in [2.24, 2.45) is 5.73 Å². The first-order valence-electron chi connectivity index (χ1n) is 7.18. The van der Waals surface area contributed by atoms with Crippen molar-refractivity contribution in [1.82, 2.24) is 0 Å². The fraction of sp³-hybridized carbons (Fsp3) is 0.235. The lowest BCUT2D eigenvalue weighted by atomic mass is 10.1. The van der Waals surface area contributed by atoms with E-state index in [4.69, 9.17) is 15.2 Å². The summed E-state index contributed by atoms with van der Waals surface area (Å²) in [6, 6.07) is 14.7. The maximum absolute atomic E-state index is 12.3. The second-order valence-electron chi connectivity index (χ2n) is 5.26. The molecule has 0 spiro atoms. The van der Waals surface area contributed by atoms with Crippen LogP contribution in [0.4, 0.5) is 5.69 Å². The third-order valence-corrected chi connectivity index (χ3v) is 3.51. The lowest BCUT2D eigenvalue weighted by Gasteiger charge is -2.25. The van der Waals surface area contributed by atoms with E-state index in [9.17, 15) is 4.79 Å². The molecule has 1 amide bonds. The van der Waals surface area contributed by atoms with E-state index in [2.05, 4.69) is 5.32 Å². The molecule has 1 heterocycles. The van der Waals surface area contributed by atoms with Crippen LogP contribution in [0.3, 0.4) is 0 Å². The van der Waals surface area contributed by atoms with E-state index in [0.29, 0.717) is 17.2 Å². The lowest BCUT2D eigenvalue weighted by Crippen LogP contribution is -2.40. The summed E-state index contributed by atoms with van der Waals surface area (Å²) >= 11 is 0. The van der Waals surface area contributed by atoms with Gasteiger partial charge in [0.25, 0.3) is 5.91 Å². The molecule has 0 aliphatic carbocycles. The molecule has 1 aliphatic heterocycles. The minimum atomic E-state index is -0.664. The van der Waals surface area contributed by atoms with Gasteiger partial charge in [0.1, 0.15) is 6.61 Å². The number of fused-ring (bicyclic) bond motifs is 1. The summed E-state index contributed by atoms with van der Waals surface area (Å²) in [5, 5.41) is 2.82. The van der Waals surface area contributed by atoms with E-state index >= 15 is 0 Å². The van der Waals surface area contributed by atoms with Crippen molar-refractivity contribution in [2.75, 3.05) is 11.9 Å². The van der Waals surface area contributed by atoms with Crippen molar-refractivity contribution in [1.29, 1.82) is 0 Å². The number of hydrogen-bond donors (Lipinski definition) is 2. The van der Waals surface area contributed by atoms with Crippen LogP contribution in [0.25, 0.3) is 0 Å². The van der Waals surface area contributed by atoms with Crippen LogP contribution in [-0.4, -0.2) is 18.6 Å². The van der Waals surface area contributed by atoms with E-state index in [1.165, 1.54) is 0 Å². The number of nitrogens with two attached hydrogens (primary N) is 1. The van der Waals surface area contributed by atoms with Crippen molar-refractivity contribution in [3.63, 3.8) is 0 Å². The summed E-state index contributed by atoms with van der Waals surface area (Å²) in [5.74, 6) is 1.01. The van der Waals surface area contributed by atoms with Gasteiger partial charge in [-0.2, -0.15) is 0 Å². The first-order chi connectivity index (χ1) is 10.6. The van der Waals surface area contributed by atoms with E-state index in [-0.39, 0.29) is 18.6 Å². The van der Waals surface area contributed by atoms with Gasteiger partial charge in [0, 0.05) is 11.7 Å². The molecule has 3 rings (SSSR count). The average molecular weight is 298 g/mol. The molecular weight excluding hydrogens is 280 g/mol. The standard InChI is InChI=1S/C17H18N2O3/c1-11(18)12-6-8-13(9-7-12)19-17(20)16-10-21-14-4-2-3-5-15(14)22-16/h2-9,11,16H,10,18H2,1H3,(H,19,20). The summed E-state index contributed by atoms with van der Waals surface area (Å²) in [7, 11) is 0. The first-order valence-corrected chi connectivity index (χ1v) is 7.18. The Hall–Kier alpha value is -2.53. The quantitative estimate of drug-likeness (QED) is 0.913. The summed E-state index contributed by atoms with van der Waals surface area (Å²) in [6.07, 6.45) is -0.664. The van der Waals surface area contributed by atoms with Gasteiger partial charge in [-0.3, -0.25) is 4.79 Å². The number of anilines is 1. The zero-order chi connectivity index (χ0) is 15.5. The van der Waals surface area contributed by atoms with Gasteiger partial charge in [0.15, 0.2) is 11.5 Å². The predicted octanol–water partition coefficient (Wildman–Crippen LogP) is 2.48. The smallest absolute Gasteiger partial charge is 0.269 e. The van der Waals surface area contributed by atoms with Crippen LogP contribution in [0.2, 0.25) is 0 Å². The second-order valence-corrected chi connectivity index (χ2v) is 5.26. The molecule has 0 saturated heterocycles. The van der Waals surface area contributed by atoms with Gasteiger partial charge in [0.2, 0.25) is 6.10 Å². The molecule has 0 radical (unpaired) electrons. The van der Waals surface area contributed by atoms with Crippen molar-refractivity contribution in [3.05, 3.63) is 54.1 Å². The van der Waals surface area contributed by atoms with Gasteiger partial charge in [-0.25, -0.2) is 0 Å². The maximum atomic E-state index is 12.3. The Balaban J connectivity index is 1.65. The van der Waals surface area contributed by atoms with E-state index in [1.807, 2.05) is 49.4 Å². The highest BCUT2D eigenvalue weighted by Gasteiger charge is 2.27. The average Bonchev–Trinajstić information content (AvgIpc) is 2.55. The first kappa shape index (κ1) is 14.4. The van der Waals surface area contributed by atoms with E-state index in [1.54, 1.807) is 6.07 Å². The third-order valence-electron chi connectivity index (χ3n) is 3.51. The van der Waals surface area contributed by atoms with Crippen LogP contribution >= 0.6 is 0 Å². The van der Waals surface area contributed by atoms with Crippen LogP contribution in [0.1, 0.15) is 18.5 Å². The molecule has 0 saturated carbocycles. The second kappa shape index (κ2) is 6.07. The lowest BCUT2D eigenvalue weighted by molar-refractivity contribution is -0.125. The van der Waals surface area contributed by atoms with E-state index in [0.717, 1.165) is 5.56 Å². The molecule has 2 unspecified atom stereocenters. The molecule has 2 atom stereocenters. The van der Waals surface area contributed by atoms with Crippen molar-refractivity contribution < 1.29 is 14.3 Å². The Kier molecular flexibility index (Phi) is 3.98. The predicted molar refractivity (Wildman–Crippen MR) is 84.0 cm³/mol. The molecule has 3 N–H and O–H groups in total. The summed E-state index contributed by atoms with van der Waals surface area (Å²) in [6.45, 7) is 2.11. The largest absolute Gasteiger partial charge is 0.485 e. The summed E-state index contributed by atoms with van der Waals surface area (Å²) in [4.78, 5) is 12.3. The summed E-state index contributed by atoms with van der Waals surface area (Å²) in [5.41, 5.74) is 7.53. The monoisotopic (exact) mass is 298 g/mol. The summed E-state index contributed by atoms with van der Waals surface area (Å²) < 4.78 is 11.2. The Labute approximate surface area is 129 Å². The third kappa shape index (κ3) is 3.04. The maximum Gasteiger partial charge on any atom is 0.269 e. The van der Waals surface area contributed by atoms with Crippen molar-refractivity contribution >= 4 is 11.6 Å². The number of benzene rings is 2. The number of para-hydroxylation sites is 2. The molecule has 0 aromatic heterocycles. The molecular formula is C17H18N2O3. The zero-order valence-corrected chi connectivity index (χ0v) is 12.3. The normalized spacial score (nSPS) is 17.6. The number of rotatable bonds is 3.